The Morgan fingerprint density at radius 2 is 1.57 bits per heavy atom. The Morgan fingerprint density at radius 1 is 1.00 bits per heavy atom. The van der Waals surface area contributed by atoms with Crippen molar-refractivity contribution in [2.75, 3.05) is 13.7 Å². The topological polar surface area (TPSA) is 200 Å². The summed E-state index contributed by atoms with van der Waals surface area (Å²) in [6.45, 7) is 0.923. The molecule has 0 aromatic heterocycles. The number of methoxy groups -OCH3 is 1. The van der Waals surface area contributed by atoms with Crippen LogP contribution in [0.1, 0.15) is 6.92 Å². The summed E-state index contributed by atoms with van der Waals surface area (Å²) in [4.78, 5) is 11.5. The van der Waals surface area contributed by atoms with Gasteiger partial charge in [0.1, 0.15) is 24.4 Å². The maximum absolute atomic E-state index is 11.5. The van der Waals surface area contributed by atoms with Gasteiger partial charge in [0, 0.05) is 14.0 Å². The Balaban J connectivity index is 2.97. The number of nitrogens with one attached hydrogen (secondary N) is 1. The molecule has 1 aliphatic heterocycles. The zero-order valence-electron chi connectivity index (χ0n) is 13.9. The van der Waals surface area contributed by atoms with Crippen LogP contribution >= 0.6 is 37.0 Å². The number of hydrogen-bond donors (Lipinski definition) is 1. The van der Waals surface area contributed by atoms with Gasteiger partial charge in [-0.25, -0.2) is 0 Å². The molecule has 0 aromatic rings. The third-order valence-corrected chi connectivity index (χ3v) is 4.16. The lowest BCUT2D eigenvalue weighted by Crippen LogP contribution is -2.65. The van der Waals surface area contributed by atoms with Crippen molar-refractivity contribution in [3.8, 4) is 0 Å². The van der Waals surface area contributed by atoms with Crippen molar-refractivity contribution in [3.63, 3.8) is 0 Å². The quantitative estimate of drug-likeness (QED) is 0.109. The van der Waals surface area contributed by atoms with Crippen LogP contribution in [0, 0.1) is 0 Å². The minimum Gasteiger partial charge on any atom is -0.691 e. The van der Waals surface area contributed by atoms with E-state index in [1.807, 2.05) is 0 Å². The highest BCUT2D eigenvalue weighted by molar-refractivity contribution is 7.90. The highest BCUT2D eigenvalue weighted by atomic mass is 32.2. The van der Waals surface area contributed by atoms with E-state index in [2.05, 4.69) is 33.4 Å². The lowest BCUT2D eigenvalue weighted by molar-refractivity contribution is -0.778. The number of ether oxygens (including phenoxy) is 2. The van der Waals surface area contributed by atoms with Gasteiger partial charge in [-0.05, 0) is 0 Å². The average Bonchev–Trinajstić information content (AvgIpc) is 2.67. The first-order chi connectivity index (χ1) is 13.6. The van der Waals surface area contributed by atoms with Crippen molar-refractivity contribution in [1.82, 2.24) is 5.32 Å². The third kappa shape index (κ3) is 9.19. The van der Waals surface area contributed by atoms with Crippen LogP contribution in [-0.4, -0.2) is 50.3 Å². The summed E-state index contributed by atoms with van der Waals surface area (Å²) in [6, 6.07) is -0.992. The van der Waals surface area contributed by atoms with E-state index in [0.717, 1.165) is 0 Å². The van der Waals surface area contributed by atoms with Gasteiger partial charge in [-0.15, -0.1) is 13.0 Å². The zero-order chi connectivity index (χ0) is 20.8. The van der Waals surface area contributed by atoms with E-state index in [1.165, 1.54) is 14.0 Å². The molecule has 2 unspecified atom stereocenters. The van der Waals surface area contributed by atoms with Gasteiger partial charge in [0.05, 0.1) is 6.61 Å². The van der Waals surface area contributed by atoms with Gasteiger partial charge >= 0.3 is 0 Å². The average molecular weight is 472 g/mol. The first-order valence-corrected chi connectivity index (χ1v) is 8.86. The van der Waals surface area contributed by atoms with Gasteiger partial charge in [-0.3, -0.25) is 32.5 Å². The van der Waals surface area contributed by atoms with Gasteiger partial charge < -0.3 is 30.6 Å². The molecule has 5 atom stereocenters. The van der Waals surface area contributed by atoms with Crippen molar-refractivity contribution in [2.45, 2.75) is 37.6 Å². The Bertz CT molecular complexity index is 424. The Labute approximate surface area is 170 Å². The molecule has 0 spiro atoms. The maximum Gasteiger partial charge on any atom is 0.217 e. The largest absolute Gasteiger partial charge is 0.691 e. The lowest BCUT2D eigenvalue weighted by atomic mass is 9.97. The van der Waals surface area contributed by atoms with E-state index in [1.54, 1.807) is 0 Å². The second-order valence-corrected chi connectivity index (χ2v) is 5.96. The first-order valence-electron chi connectivity index (χ1n) is 6.86. The summed E-state index contributed by atoms with van der Waals surface area (Å²) in [5, 5.41) is 41.7. The summed E-state index contributed by atoms with van der Waals surface area (Å²) in [6.07, 6.45) is -4.39. The smallest absolute Gasteiger partial charge is 0.217 e. The lowest BCUT2D eigenvalue weighted by Gasteiger charge is -2.44. The van der Waals surface area contributed by atoms with Gasteiger partial charge in [-0.2, -0.15) is 0 Å². The number of amides is 1. The molecule has 166 valence electrons. The second-order valence-electron chi connectivity index (χ2n) is 4.52. The molecule has 1 saturated heterocycles. The molecular weight excluding hydrogens is 458 g/mol. The van der Waals surface area contributed by atoms with Crippen LogP contribution in [0.3, 0.4) is 0 Å². The van der Waals surface area contributed by atoms with Gasteiger partial charge in [0.2, 0.25) is 5.91 Å². The van der Waals surface area contributed by atoms with Gasteiger partial charge in [-0.1, -0.05) is 0 Å². The van der Waals surface area contributed by atoms with Crippen LogP contribution in [0.4, 0.5) is 0 Å². The van der Waals surface area contributed by atoms with E-state index >= 15 is 0 Å². The fourth-order valence-electron chi connectivity index (χ4n) is 2.13. The summed E-state index contributed by atoms with van der Waals surface area (Å²) < 4.78 is 38.3. The Hall–Kier alpha value is -0.0400. The van der Waals surface area contributed by atoms with Gasteiger partial charge in [0.25, 0.3) is 0 Å². The summed E-state index contributed by atoms with van der Waals surface area (Å²) in [7, 11) is 1.28. The fourth-order valence-corrected chi connectivity index (χ4v) is 3.13. The minimum absolute atomic E-state index is 0.120. The Morgan fingerprint density at radius 3 is 2.11 bits per heavy atom. The Kier molecular flexibility index (Phi) is 14.6. The SMILES string of the molecule is CO[C@H]1OC(COSOO[O-])[C@@H](OSOO[O-])[C@H](OSOO[O-])C1NC(C)=O. The van der Waals surface area contributed by atoms with E-state index < -0.39 is 36.6 Å². The van der Waals surface area contributed by atoms with Crippen LogP contribution in [0.25, 0.3) is 0 Å². The maximum atomic E-state index is 11.5. The van der Waals surface area contributed by atoms with E-state index in [0.29, 0.717) is 0 Å². The minimum atomic E-state index is -1.15. The summed E-state index contributed by atoms with van der Waals surface area (Å²) in [5.41, 5.74) is 0. The van der Waals surface area contributed by atoms with Gasteiger partial charge in [0.15, 0.2) is 43.3 Å². The van der Waals surface area contributed by atoms with E-state index in [4.69, 9.17) is 22.0 Å². The molecule has 0 aromatic carbocycles. The molecule has 19 heteroatoms. The molecule has 1 rings (SSSR count). The molecule has 0 aliphatic carbocycles. The zero-order valence-corrected chi connectivity index (χ0v) is 16.4. The van der Waals surface area contributed by atoms with Crippen molar-refractivity contribution >= 4 is 42.9 Å². The van der Waals surface area contributed by atoms with Crippen LogP contribution in [-0.2, 0) is 54.9 Å². The molecule has 0 bridgehead atoms. The second kappa shape index (κ2) is 15.8. The number of rotatable bonds is 15. The molecule has 28 heavy (non-hydrogen) atoms. The van der Waals surface area contributed by atoms with E-state index in [-0.39, 0.29) is 43.6 Å². The number of carbonyl (C=O) groups is 1. The van der Waals surface area contributed by atoms with Crippen molar-refractivity contribution in [3.05, 3.63) is 0 Å². The number of carbonyl (C=O) groups excluding carboxylic acids is 1. The molecular formula is C9H14NO15S3-3. The fraction of sp³-hybridized carbons (Fsp3) is 0.889. The summed E-state index contributed by atoms with van der Waals surface area (Å²) in [5.74, 6) is -0.480. The molecule has 1 fully saturated rings. The normalized spacial score (nSPS) is 27.7. The molecule has 1 N–H and O–H groups in total. The molecule has 16 nitrogen and oxygen atoms in total. The van der Waals surface area contributed by atoms with Crippen molar-refractivity contribution < 1.29 is 70.7 Å². The molecule has 1 heterocycles. The van der Waals surface area contributed by atoms with Crippen LogP contribution in [0.5, 0.6) is 0 Å². The predicted octanol–water partition coefficient (Wildman–Crippen LogP) is -2.99. The number of hydrogen-bond acceptors (Lipinski definition) is 18. The van der Waals surface area contributed by atoms with Crippen molar-refractivity contribution in [2.24, 2.45) is 0 Å². The third-order valence-electron chi connectivity index (χ3n) is 3.00. The molecule has 0 radical (unpaired) electrons. The van der Waals surface area contributed by atoms with Crippen LogP contribution in [0.15, 0.2) is 0 Å². The highest BCUT2D eigenvalue weighted by Gasteiger charge is 2.49. The van der Waals surface area contributed by atoms with Crippen LogP contribution in [0.2, 0.25) is 0 Å². The molecule has 1 aliphatic rings. The first kappa shape index (κ1) is 26.0. The summed E-state index contributed by atoms with van der Waals surface area (Å²) >= 11 is 0.443. The van der Waals surface area contributed by atoms with Crippen LogP contribution < -0.4 is 21.1 Å². The molecule has 0 saturated carbocycles. The van der Waals surface area contributed by atoms with E-state index in [9.17, 15) is 20.6 Å². The molecule has 1 amide bonds. The predicted molar refractivity (Wildman–Crippen MR) is 78.3 cm³/mol. The monoisotopic (exact) mass is 472 g/mol. The highest BCUT2D eigenvalue weighted by Crippen LogP contribution is 2.32. The standard InChI is InChI=1S/C9H17NO15S3/c1-4(11)10-6-8(19-28-25-22-14)7(18-27-24-21-13)5(17-9(6)15-2)3-16-26-23-20-12/h5-9,12-14H,3H2,1-2H3,(H,10,11)/p-3/t5?,6?,7-,8-,9+/m1/s1. The van der Waals surface area contributed by atoms with Crippen molar-refractivity contribution in [1.29, 1.82) is 0 Å².